The fraction of sp³-hybridized carbons (Fsp3) is 0.0476. The summed E-state index contributed by atoms with van der Waals surface area (Å²) in [6.45, 7) is 12.6. The van der Waals surface area contributed by atoms with Crippen LogP contribution < -0.4 is 4.90 Å². The van der Waals surface area contributed by atoms with Gasteiger partial charge in [-0.3, -0.25) is 0 Å². The van der Waals surface area contributed by atoms with Crippen molar-refractivity contribution in [2.75, 3.05) is 4.90 Å². The number of aromatic nitrogens is 1. The summed E-state index contributed by atoms with van der Waals surface area (Å²) < 4.78 is 2.41. The molecule has 0 unspecified atom stereocenters. The topological polar surface area (TPSA) is 8.17 Å². The lowest BCUT2D eigenvalue weighted by molar-refractivity contribution is 0.660. The number of anilines is 3. The molecule has 0 saturated heterocycles. The molecule has 1 aromatic heterocycles. The van der Waals surface area contributed by atoms with E-state index in [1.165, 1.54) is 66.3 Å². The molecule has 0 bridgehead atoms. The van der Waals surface area contributed by atoms with E-state index in [0.29, 0.717) is 0 Å². The van der Waals surface area contributed by atoms with E-state index < -0.39 is 0 Å². The van der Waals surface area contributed by atoms with Crippen LogP contribution in [0.3, 0.4) is 0 Å². The van der Waals surface area contributed by atoms with Gasteiger partial charge in [0.25, 0.3) is 0 Å². The summed E-state index contributed by atoms with van der Waals surface area (Å²) in [5.41, 5.74) is 21.4. The average Bonchev–Trinajstić information content (AvgIpc) is 3.81. The lowest BCUT2D eigenvalue weighted by Crippen LogP contribution is -2.15. The second-order valence-corrected chi connectivity index (χ2v) is 17.5. The minimum atomic E-state index is -0.0634. The molecule has 1 aliphatic carbocycles. The third kappa shape index (κ3) is 6.92. The highest BCUT2D eigenvalue weighted by Gasteiger charge is 2.35. The zero-order chi connectivity index (χ0) is 44.1. The maximum absolute atomic E-state index is 4.04. The van der Waals surface area contributed by atoms with E-state index in [-0.39, 0.29) is 5.41 Å². The van der Waals surface area contributed by atoms with Gasteiger partial charge < -0.3 is 9.47 Å². The van der Waals surface area contributed by atoms with Crippen molar-refractivity contribution in [2.45, 2.75) is 19.3 Å². The van der Waals surface area contributed by atoms with Gasteiger partial charge in [0.15, 0.2) is 0 Å². The van der Waals surface area contributed by atoms with E-state index >= 15 is 0 Å². The Kier molecular flexibility index (Phi) is 9.86. The van der Waals surface area contributed by atoms with Crippen LogP contribution in [0.15, 0.2) is 244 Å². The van der Waals surface area contributed by atoms with Crippen LogP contribution in [0, 0.1) is 0 Å². The Labute approximate surface area is 382 Å². The van der Waals surface area contributed by atoms with Crippen molar-refractivity contribution >= 4 is 44.4 Å². The third-order valence-electron chi connectivity index (χ3n) is 13.4. The normalized spacial score (nSPS) is 12.8. The standard InChI is InChI=1S/C63H48N2/c1-5-15-43(6-2)46-22-30-51(31-23-46)64(54-36-37-60-56(42-54)55-20-13-14-21-59(55)63(60,3)4)52-32-24-47(25-33-52)48-26-34-53(35-27-48)65-61-38-28-49(44-16-9-7-10-17-44)40-57(61)58-41-50(29-39-62(58)65)45-18-11-8-12-19-45/h5-42H,1-2H2,3-4H3/b43-15+. The minimum Gasteiger partial charge on any atom is -0.310 e. The minimum absolute atomic E-state index is 0.0634. The summed E-state index contributed by atoms with van der Waals surface area (Å²) >= 11 is 0. The fourth-order valence-corrected chi connectivity index (χ4v) is 10.0. The van der Waals surface area contributed by atoms with E-state index in [9.17, 15) is 0 Å². The Balaban J connectivity index is 0.966. The summed E-state index contributed by atoms with van der Waals surface area (Å²) in [6, 6.07) is 77.7. The van der Waals surface area contributed by atoms with Crippen LogP contribution in [-0.2, 0) is 5.41 Å². The van der Waals surface area contributed by atoms with Crippen LogP contribution in [0.1, 0.15) is 30.5 Å². The van der Waals surface area contributed by atoms with Gasteiger partial charge in [-0.2, -0.15) is 0 Å². The van der Waals surface area contributed by atoms with Gasteiger partial charge in [0.1, 0.15) is 0 Å². The van der Waals surface area contributed by atoms with E-state index in [1.807, 2.05) is 18.2 Å². The van der Waals surface area contributed by atoms with Crippen LogP contribution in [-0.4, -0.2) is 4.57 Å². The van der Waals surface area contributed by atoms with E-state index in [0.717, 1.165) is 45.0 Å². The molecule has 0 spiro atoms. The fourth-order valence-electron chi connectivity index (χ4n) is 10.0. The molecule has 0 N–H and O–H groups in total. The van der Waals surface area contributed by atoms with Crippen molar-refractivity contribution in [2.24, 2.45) is 0 Å². The zero-order valence-corrected chi connectivity index (χ0v) is 36.7. The largest absolute Gasteiger partial charge is 0.310 e. The summed E-state index contributed by atoms with van der Waals surface area (Å²) in [7, 11) is 0. The molecule has 0 radical (unpaired) electrons. The average molecular weight is 833 g/mol. The van der Waals surface area contributed by atoms with Crippen molar-refractivity contribution in [3.8, 4) is 50.2 Å². The number of rotatable bonds is 10. The summed E-state index contributed by atoms with van der Waals surface area (Å²) in [6.07, 6.45) is 5.69. The van der Waals surface area contributed by atoms with Gasteiger partial charge in [-0.25, -0.2) is 0 Å². The molecule has 9 aromatic carbocycles. The molecule has 1 heterocycles. The lowest BCUT2D eigenvalue weighted by Gasteiger charge is -2.27. The van der Waals surface area contributed by atoms with Gasteiger partial charge in [-0.1, -0.05) is 185 Å². The SMILES string of the molecule is C=C/C=C(\C=C)c1ccc(N(c2ccc(-c3ccc(-n4c5ccc(-c6ccccc6)cc5c5cc(-c6ccccc6)ccc54)cc3)cc2)c2ccc3c(c2)-c2ccccc2C3(C)C)cc1. The first-order valence-electron chi connectivity index (χ1n) is 22.4. The molecular weight excluding hydrogens is 785 g/mol. The molecular formula is C63H48N2. The molecule has 2 heteroatoms. The van der Waals surface area contributed by atoms with Crippen LogP contribution >= 0.6 is 0 Å². The number of hydrogen-bond donors (Lipinski definition) is 0. The number of hydrogen-bond acceptors (Lipinski definition) is 1. The number of nitrogens with zero attached hydrogens (tertiary/aromatic N) is 2. The maximum Gasteiger partial charge on any atom is 0.0541 e. The van der Waals surface area contributed by atoms with Crippen molar-refractivity contribution in [3.63, 3.8) is 0 Å². The van der Waals surface area contributed by atoms with Crippen LogP contribution in [0.2, 0.25) is 0 Å². The summed E-state index contributed by atoms with van der Waals surface area (Å²) in [5.74, 6) is 0. The molecule has 0 saturated carbocycles. The van der Waals surface area contributed by atoms with Gasteiger partial charge in [0.05, 0.1) is 11.0 Å². The molecule has 11 rings (SSSR count). The summed E-state index contributed by atoms with van der Waals surface area (Å²) in [4.78, 5) is 2.37. The monoisotopic (exact) mass is 832 g/mol. The van der Waals surface area contributed by atoms with Crippen molar-refractivity contribution in [3.05, 3.63) is 260 Å². The Hall–Kier alpha value is -8.20. The first-order chi connectivity index (χ1) is 31.9. The molecule has 10 aromatic rings. The number of benzene rings is 9. The van der Waals surface area contributed by atoms with Crippen molar-refractivity contribution < 1.29 is 0 Å². The second kappa shape index (κ2) is 16.2. The predicted octanol–water partition coefficient (Wildman–Crippen LogP) is 17.3. The zero-order valence-electron chi connectivity index (χ0n) is 36.7. The number of allylic oxidation sites excluding steroid dienone is 4. The predicted molar refractivity (Wildman–Crippen MR) is 278 cm³/mol. The highest BCUT2D eigenvalue weighted by atomic mass is 15.1. The second-order valence-electron chi connectivity index (χ2n) is 17.5. The highest BCUT2D eigenvalue weighted by molar-refractivity contribution is 6.11. The molecule has 0 fully saturated rings. The van der Waals surface area contributed by atoms with Crippen molar-refractivity contribution in [1.29, 1.82) is 0 Å². The van der Waals surface area contributed by atoms with Gasteiger partial charge >= 0.3 is 0 Å². The molecule has 0 atom stereocenters. The van der Waals surface area contributed by atoms with E-state index in [4.69, 9.17) is 0 Å². The maximum atomic E-state index is 4.04. The highest BCUT2D eigenvalue weighted by Crippen LogP contribution is 2.51. The molecule has 310 valence electrons. The van der Waals surface area contributed by atoms with E-state index in [1.54, 1.807) is 0 Å². The third-order valence-corrected chi connectivity index (χ3v) is 13.4. The van der Waals surface area contributed by atoms with Crippen LogP contribution in [0.4, 0.5) is 17.1 Å². The van der Waals surface area contributed by atoms with Gasteiger partial charge in [0, 0.05) is 38.9 Å². The Morgan fingerprint density at radius 1 is 0.446 bits per heavy atom. The van der Waals surface area contributed by atoms with Gasteiger partial charge in [0.2, 0.25) is 0 Å². The van der Waals surface area contributed by atoms with E-state index in [2.05, 4.69) is 249 Å². The molecule has 1 aliphatic rings. The first-order valence-corrected chi connectivity index (χ1v) is 22.4. The molecule has 2 nitrogen and oxygen atoms in total. The Bertz CT molecular complexity index is 3340. The quantitative estimate of drug-likeness (QED) is 0.125. The Morgan fingerprint density at radius 3 is 1.49 bits per heavy atom. The van der Waals surface area contributed by atoms with Crippen molar-refractivity contribution in [1.82, 2.24) is 4.57 Å². The van der Waals surface area contributed by atoms with Gasteiger partial charge in [-0.15, -0.1) is 0 Å². The summed E-state index contributed by atoms with van der Waals surface area (Å²) in [5, 5.41) is 2.48. The Morgan fingerprint density at radius 2 is 0.923 bits per heavy atom. The first kappa shape index (κ1) is 39.6. The number of fused-ring (bicyclic) bond motifs is 6. The lowest BCUT2D eigenvalue weighted by atomic mass is 9.82. The smallest absolute Gasteiger partial charge is 0.0541 e. The van der Waals surface area contributed by atoms with Crippen LogP contribution in [0.25, 0.3) is 77.6 Å². The molecule has 0 amide bonds. The van der Waals surface area contributed by atoms with Gasteiger partial charge in [-0.05, 0) is 140 Å². The molecule has 65 heavy (non-hydrogen) atoms. The molecule has 0 aliphatic heterocycles. The van der Waals surface area contributed by atoms with Crippen LogP contribution in [0.5, 0.6) is 0 Å².